The summed E-state index contributed by atoms with van der Waals surface area (Å²) < 4.78 is 25.8. The molecule has 1 aromatic carbocycles. The largest absolute Gasteiger partial charge is 0.353 e. The molecule has 0 aliphatic carbocycles. The van der Waals surface area contributed by atoms with Crippen LogP contribution in [0.4, 0.5) is 0 Å². The van der Waals surface area contributed by atoms with E-state index in [9.17, 15) is 13.2 Å². The van der Waals surface area contributed by atoms with Gasteiger partial charge in [0.25, 0.3) is 0 Å². The van der Waals surface area contributed by atoms with Gasteiger partial charge in [0.15, 0.2) is 0 Å². The highest BCUT2D eigenvalue weighted by Crippen LogP contribution is 2.13. The van der Waals surface area contributed by atoms with Gasteiger partial charge < -0.3 is 5.32 Å². The average Bonchev–Trinajstić information content (AvgIpc) is 2.26. The molecule has 7 heteroatoms. The van der Waals surface area contributed by atoms with E-state index in [0.29, 0.717) is 5.02 Å². The summed E-state index contributed by atoms with van der Waals surface area (Å²) in [5, 5.41) is 3.04. The van der Waals surface area contributed by atoms with E-state index in [1.165, 1.54) is 24.3 Å². The number of amides is 1. The van der Waals surface area contributed by atoms with Crippen LogP contribution in [0.25, 0.3) is 0 Å². The van der Waals surface area contributed by atoms with Gasteiger partial charge in [-0.05, 0) is 38.1 Å². The van der Waals surface area contributed by atoms with Crippen molar-refractivity contribution in [1.29, 1.82) is 0 Å². The van der Waals surface area contributed by atoms with Crippen molar-refractivity contribution in [3.8, 4) is 0 Å². The zero-order valence-corrected chi connectivity index (χ0v) is 11.7. The Morgan fingerprint density at radius 3 is 2.33 bits per heavy atom. The standard InChI is InChI=1S/C11H15ClN2O3S/c1-8(2)14-11(15)7-13-18(16,17)10-5-3-9(12)4-6-10/h3-6,8,13H,7H2,1-2H3,(H,14,15). The predicted octanol–water partition coefficient (Wildman–Crippen LogP) is 1.14. The molecule has 0 aliphatic rings. The molecule has 100 valence electrons. The summed E-state index contributed by atoms with van der Waals surface area (Å²) in [6.07, 6.45) is 0. The lowest BCUT2D eigenvalue weighted by molar-refractivity contribution is -0.120. The fraction of sp³-hybridized carbons (Fsp3) is 0.364. The molecule has 0 aromatic heterocycles. The third-order valence-corrected chi connectivity index (χ3v) is 3.67. The Balaban J connectivity index is 2.66. The first-order valence-electron chi connectivity index (χ1n) is 5.36. The van der Waals surface area contributed by atoms with Gasteiger partial charge in [-0.15, -0.1) is 0 Å². The van der Waals surface area contributed by atoms with Crippen molar-refractivity contribution >= 4 is 27.5 Å². The summed E-state index contributed by atoms with van der Waals surface area (Å²) >= 11 is 5.67. The van der Waals surface area contributed by atoms with E-state index in [4.69, 9.17) is 11.6 Å². The molecule has 0 saturated carbocycles. The lowest BCUT2D eigenvalue weighted by Crippen LogP contribution is -2.39. The molecule has 0 atom stereocenters. The molecule has 0 spiro atoms. The summed E-state index contributed by atoms with van der Waals surface area (Å²) in [4.78, 5) is 11.4. The number of halogens is 1. The first-order chi connectivity index (χ1) is 8.31. The Hall–Kier alpha value is -1.11. The lowest BCUT2D eigenvalue weighted by Gasteiger charge is -2.09. The number of carbonyl (C=O) groups excluding carboxylic acids is 1. The molecule has 5 nitrogen and oxygen atoms in total. The van der Waals surface area contributed by atoms with Crippen molar-refractivity contribution in [2.24, 2.45) is 0 Å². The highest BCUT2D eigenvalue weighted by atomic mass is 35.5. The fourth-order valence-corrected chi connectivity index (χ4v) is 2.34. The van der Waals surface area contributed by atoms with Crippen LogP contribution >= 0.6 is 11.6 Å². The maximum Gasteiger partial charge on any atom is 0.241 e. The molecule has 0 heterocycles. The van der Waals surface area contributed by atoms with Gasteiger partial charge in [0, 0.05) is 11.1 Å². The molecule has 18 heavy (non-hydrogen) atoms. The number of nitrogens with one attached hydrogen (secondary N) is 2. The normalized spacial score (nSPS) is 11.6. The minimum Gasteiger partial charge on any atom is -0.353 e. The smallest absolute Gasteiger partial charge is 0.241 e. The third kappa shape index (κ3) is 4.64. The lowest BCUT2D eigenvalue weighted by atomic mass is 10.4. The molecule has 0 unspecified atom stereocenters. The Morgan fingerprint density at radius 2 is 1.83 bits per heavy atom. The van der Waals surface area contributed by atoms with E-state index >= 15 is 0 Å². The maximum atomic E-state index is 11.8. The van der Waals surface area contributed by atoms with Gasteiger partial charge in [0.05, 0.1) is 11.4 Å². The van der Waals surface area contributed by atoms with E-state index in [0.717, 1.165) is 0 Å². The first-order valence-corrected chi connectivity index (χ1v) is 7.22. The summed E-state index contributed by atoms with van der Waals surface area (Å²) in [6, 6.07) is 5.68. The van der Waals surface area contributed by atoms with Gasteiger partial charge in [0.1, 0.15) is 0 Å². The molecule has 0 aliphatic heterocycles. The molecule has 0 saturated heterocycles. The predicted molar refractivity (Wildman–Crippen MR) is 69.9 cm³/mol. The molecule has 1 rings (SSSR count). The van der Waals surface area contributed by atoms with Gasteiger partial charge in [-0.3, -0.25) is 4.79 Å². The van der Waals surface area contributed by atoms with E-state index in [-0.39, 0.29) is 23.4 Å². The van der Waals surface area contributed by atoms with Crippen LogP contribution in [0.15, 0.2) is 29.2 Å². The third-order valence-electron chi connectivity index (χ3n) is 2.00. The highest BCUT2D eigenvalue weighted by molar-refractivity contribution is 7.89. The number of carbonyl (C=O) groups is 1. The van der Waals surface area contributed by atoms with E-state index in [1.54, 1.807) is 13.8 Å². The molecule has 1 aromatic rings. The number of hydrogen-bond donors (Lipinski definition) is 2. The monoisotopic (exact) mass is 290 g/mol. The topological polar surface area (TPSA) is 75.3 Å². The van der Waals surface area contributed by atoms with Gasteiger partial charge >= 0.3 is 0 Å². The van der Waals surface area contributed by atoms with Crippen molar-refractivity contribution < 1.29 is 13.2 Å². The van der Waals surface area contributed by atoms with E-state index < -0.39 is 10.0 Å². The van der Waals surface area contributed by atoms with Crippen LogP contribution in [0, 0.1) is 0 Å². The summed E-state index contributed by atoms with van der Waals surface area (Å²) in [5.74, 6) is -0.373. The maximum absolute atomic E-state index is 11.8. The van der Waals surface area contributed by atoms with Crippen molar-refractivity contribution in [3.63, 3.8) is 0 Å². The van der Waals surface area contributed by atoms with Crippen LogP contribution in [0.1, 0.15) is 13.8 Å². The summed E-state index contributed by atoms with van der Waals surface area (Å²) in [7, 11) is -3.68. The van der Waals surface area contributed by atoms with Gasteiger partial charge in [-0.25, -0.2) is 13.1 Å². The Labute approximate surface area is 112 Å². The van der Waals surface area contributed by atoms with Crippen LogP contribution in [-0.4, -0.2) is 26.9 Å². The second-order valence-corrected chi connectivity index (χ2v) is 6.20. The minimum atomic E-state index is -3.68. The minimum absolute atomic E-state index is 0.0301. The highest BCUT2D eigenvalue weighted by Gasteiger charge is 2.15. The summed E-state index contributed by atoms with van der Waals surface area (Å²) in [5.41, 5.74) is 0. The second-order valence-electron chi connectivity index (χ2n) is 4.00. The van der Waals surface area contributed by atoms with Gasteiger partial charge in [0.2, 0.25) is 15.9 Å². The first kappa shape index (κ1) is 14.9. The zero-order valence-electron chi connectivity index (χ0n) is 10.1. The molecular weight excluding hydrogens is 276 g/mol. The van der Waals surface area contributed by atoms with Crippen molar-refractivity contribution in [2.45, 2.75) is 24.8 Å². The number of benzene rings is 1. The van der Waals surface area contributed by atoms with Gasteiger partial charge in [-0.2, -0.15) is 0 Å². The fourth-order valence-electron chi connectivity index (χ4n) is 1.23. The quantitative estimate of drug-likeness (QED) is 0.854. The van der Waals surface area contributed by atoms with Crippen LogP contribution in [0.5, 0.6) is 0 Å². The second kappa shape index (κ2) is 6.17. The van der Waals surface area contributed by atoms with E-state index in [2.05, 4.69) is 10.0 Å². The molecular formula is C11H15ClN2O3S. The SMILES string of the molecule is CC(C)NC(=O)CNS(=O)(=O)c1ccc(Cl)cc1. The number of rotatable bonds is 5. The van der Waals surface area contributed by atoms with Crippen molar-refractivity contribution in [3.05, 3.63) is 29.3 Å². The average molecular weight is 291 g/mol. The molecule has 0 radical (unpaired) electrons. The molecule has 0 bridgehead atoms. The Bertz CT molecular complexity index is 512. The van der Waals surface area contributed by atoms with Crippen molar-refractivity contribution in [1.82, 2.24) is 10.0 Å². The molecule has 1 amide bonds. The summed E-state index contributed by atoms with van der Waals surface area (Å²) in [6.45, 7) is 3.31. The zero-order chi connectivity index (χ0) is 13.8. The molecule has 0 fully saturated rings. The number of hydrogen-bond acceptors (Lipinski definition) is 3. The van der Waals surface area contributed by atoms with Crippen LogP contribution < -0.4 is 10.0 Å². The Kier molecular flexibility index (Phi) is 5.13. The Morgan fingerprint density at radius 1 is 1.28 bits per heavy atom. The van der Waals surface area contributed by atoms with Crippen LogP contribution in [-0.2, 0) is 14.8 Å². The van der Waals surface area contributed by atoms with Crippen LogP contribution in [0.3, 0.4) is 0 Å². The molecule has 2 N–H and O–H groups in total. The van der Waals surface area contributed by atoms with Crippen LogP contribution in [0.2, 0.25) is 5.02 Å². The van der Waals surface area contributed by atoms with Gasteiger partial charge in [-0.1, -0.05) is 11.6 Å². The van der Waals surface area contributed by atoms with Crippen molar-refractivity contribution in [2.75, 3.05) is 6.54 Å². The van der Waals surface area contributed by atoms with E-state index in [1.807, 2.05) is 0 Å². The number of sulfonamides is 1.